The van der Waals surface area contributed by atoms with E-state index in [2.05, 4.69) is 34.7 Å². The molecule has 0 amide bonds. The average Bonchev–Trinajstić information content (AvgIpc) is 3.14. The molecule has 4 aliphatic carbocycles. The van der Waals surface area contributed by atoms with Crippen LogP contribution in [0.15, 0.2) is 16.4 Å². The van der Waals surface area contributed by atoms with Gasteiger partial charge < -0.3 is 9.64 Å². The Kier molecular flexibility index (Phi) is 4.62. The molecule has 0 unspecified atom stereocenters. The lowest BCUT2D eigenvalue weighted by molar-refractivity contribution is -0.0118. The molecule has 6 nitrogen and oxygen atoms in total. The molecule has 168 valence electrons. The van der Waals surface area contributed by atoms with Gasteiger partial charge in [-0.25, -0.2) is 4.98 Å². The molecule has 0 aromatic carbocycles. The summed E-state index contributed by atoms with van der Waals surface area (Å²) < 4.78 is 5.48. The molecule has 2 aliphatic heterocycles. The Hall–Kier alpha value is -1.66. The largest absolute Gasteiger partial charge is 0.378 e. The smallest absolute Gasteiger partial charge is 0.255 e. The number of H-pyrrole nitrogens is 1. The van der Waals surface area contributed by atoms with Crippen LogP contribution in [0.3, 0.4) is 0 Å². The van der Waals surface area contributed by atoms with E-state index in [-0.39, 0.29) is 11.0 Å². The first-order chi connectivity index (χ1) is 15.0. The molecule has 0 radical (unpaired) electrons. The number of piperidine rings is 1. The van der Waals surface area contributed by atoms with Gasteiger partial charge in [-0.3, -0.25) is 14.7 Å². The Morgan fingerprint density at radius 1 is 1.16 bits per heavy atom. The van der Waals surface area contributed by atoms with Crippen LogP contribution in [0.2, 0.25) is 0 Å². The van der Waals surface area contributed by atoms with Gasteiger partial charge in [0.25, 0.3) is 5.56 Å². The van der Waals surface area contributed by atoms with Crippen LogP contribution in [0.1, 0.15) is 57.2 Å². The summed E-state index contributed by atoms with van der Waals surface area (Å²) in [6.45, 7) is 11.3. The first-order valence-corrected chi connectivity index (χ1v) is 12.3. The van der Waals surface area contributed by atoms with Gasteiger partial charge in [-0.05, 0) is 68.9 Å². The Morgan fingerprint density at radius 2 is 1.94 bits per heavy atom. The van der Waals surface area contributed by atoms with Crippen molar-refractivity contribution in [2.75, 3.05) is 50.8 Å². The number of hydrogen-bond acceptors (Lipinski definition) is 5. The molecule has 2 saturated heterocycles. The van der Waals surface area contributed by atoms with Gasteiger partial charge in [0, 0.05) is 30.6 Å². The first kappa shape index (κ1) is 20.0. The molecule has 1 spiro atoms. The second-order valence-corrected chi connectivity index (χ2v) is 11.2. The van der Waals surface area contributed by atoms with E-state index in [0.717, 1.165) is 87.4 Å². The van der Waals surface area contributed by atoms with Gasteiger partial charge >= 0.3 is 0 Å². The van der Waals surface area contributed by atoms with Crippen LogP contribution in [0.5, 0.6) is 0 Å². The van der Waals surface area contributed by atoms with Crippen LogP contribution >= 0.6 is 0 Å². The number of nitrogens with zero attached hydrogens (tertiary/aromatic N) is 3. The lowest BCUT2D eigenvalue weighted by Crippen LogP contribution is -2.51. The fourth-order valence-electron chi connectivity index (χ4n) is 7.10. The zero-order valence-corrected chi connectivity index (χ0v) is 19.1. The Balaban J connectivity index is 1.18. The monoisotopic (exact) mass is 424 g/mol. The topological polar surface area (TPSA) is 61.5 Å². The highest BCUT2D eigenvalue weighted by Gasteiger charge is 2.51. The van der Waals surface area contributed by atoms with Gasteiger partial charge in [0.05, 0.1) is 18.9 Å². The third-order valence-electron chi connectivity index (χ3n) is 9.47. The number of aromatic amines is 1. The van der Waals surface area contributed by atoms with Crippen molar-refractivity contribution in [2.45, 2.75) is 57.8 Å². The van der Waals surface area contributed by atoms with Gasteiger partial charge in [-0.2, -0.15) is 0 Å². The van der Waals surface area contributed by atoms with Gasteiger partial charge in [-0.15, -0.1) is 0 Å². The minimum absolute atomic E-state index is 0.0833. The van der Waals surface area contributed by atoms with Crippen molar-refractivity contribution in [3.63, 3.8) is 0 Å². The molecule has 6 aliphatic rings. The van der Waals surface area contributed by atoms with Gasteiger partial charge in [-0.1, -0.05) is 25.5 Å². The van der Waals surface area contributed by atoms with Crippen LogP contribution in [-0.2, 0) is 16.6 Å². The van der Waals surface area contributed by atoms with Crippen LogP contribution in [0, 0.1) is 17.3 Å². The van der Waals surface area contributed by atoms with Gasteiger partial charge in [0.1, 0.15) is 0 Å². The Labute approximate surface area is 185 Å². The summed E-state index contributed by atoms with van der Waals surface area (Å²) in [6.07, 6.45) is 9.45. The summed E-state index contributed by atoms with van der Waals surface area (Å²) in [5.74, 6) is 2.46. The van der Waals surface area contributed by atoms with Gasteiger partial charge in [0.15, 0.2) is 0 Å². The van der Waals surface area contributed by atoms with E-state index in [1.807, 2.05) is 0 Å². The lowest BCUT2D eigenvalue weighted by atomic mass is 9.49. The Morgan fingerprint density at radius 3 is 2.65 bits per heavy atom. The molecule has 2 atom stereocenters. The third kappa shape index (κ3) is 3.12. The number of aromatic nitrogens is 2. The molecule has 1 N–H and O–H groups in total. The Bertz CT molecular complexity index is 951. The lowest BCUT2D eigenvalue weighted by Gasteiger charge is -2.57. The van der Waals surface area contributed by atoms with E-state index in [0.29, 0.717) is 18.6 Å². The van der Waals surface area contributed by atoms with Crippen molar-refractivity contribution in [1.82, 2.24) is 14.9 Å². The summed E-state index contributed by atoms with van der Waals surface area (Å²) in [5, 5.41) is 0. The van der Waals surface area contributed by atoms with Crippen LogP contribution < -0.4 is 10.5 Å². The SMILES string of the molecule is CC1(C)[C@H]2CC=C(CN3CCC4(CCc5c4nc(N4CCOCC4)[nH]c5=O)CC3)[C@@H]1C2. The molecule has 6 heteroatoms. The summed E-state index contributed by atoms with van der Waals surface area (Å²) in [7, 11) is 0. The summed E-state index contributed by atoms with van der Waals surface area (Å²) in [6, 6.07) is 0. The molecule has 1 aromatic heterocycles. The van der Waals surface area contributed by atoms with E-state index in [9.17, 15) is 4.79 Å². The number of morpholine rings is 1. The van der Waals surface area contributed by atoms with Crippen molar-refractivity contribution in [1.29, 1.82) is 0 Å². The van der Waals surface area contributed by atoms with E-state index in [4.69, 9.17) is 9.72 Å². The fourth-order valence-corrected chi connectivity index (χ4v) is 7.10. The molecule has 3 heterocycles. The molecule has 3 fully saturated rings. The zero-order chi connectivity index (χ0) is 21.2. The predicted octanol–water partition coefficient (Wildman–Crippen LogP) is 2.88. The van der Waals surface area contributed by atoms with Crippen molar-refractivity contribution >= 4 is 5.95 Å². The van der Waals surface area contributed by atoms with E-state index in [1.165, 1.54) is 12.8 Å². The molecular weight excluding hydrogens is 388 g/mol. The highest BCUT2D eigenvalue weighted by atomic mass is 16.5. The number of allylic oxidation sites excluding steroid dienone is 1. The minimum atomic E-state index is 0.0833. The van der Waals surface area contributed by atoms with Crippen molar-refractivity contribution in [3.05, 3.63) is 33.3 Å². The standard InChI is InChI=1S/C25H36N4O2/c1-24(2)18-4-3-17(20(24)15-18)16-28-9-7-25(8-10-28)6-5-19-21(25)26-23(27-22(19)30)29-11-13-31-14-12-29/h3,18,20H,4-16H2,1-2H3,(H,26,27,30)/t18-,20-/m0/s1. The number of nitrogens with one attached hydrogen (secondary N) is 1. The van der Waals surface area contributed by atoms with E-state index >= 15 is 0 Å². The highest BCUT2D eigenvalue weighted by Crippen LogP contribution is 2.59. The summed E-state index contributed by atoms with van der Waals surface area (Å²) in [4.78, 5) is 25.8. The number of ether oxygens (including phenoxy) is 1. The van der Waals surface area contributed by atoms with E-state index in [1.54, 1.807) is 5.57 Å². The average molecular weight is 425 g/mol. The second kappa shape index (κ2) is 7.17. The second-order valence-electron chi connectivity index (χ2n) is 11.2. The van der Waals surface area contributed by atoms with Crippen LogP contribution in [0.25, 0.3) is 0 Å². The number of anilines is 1. The van der Waals surface area contributed by atoms with Gasteiger partial charge in [0.2, 0.25) is 5.95 Å². The fraction of sp³-hybridized carbons (Fsp3) is 0.760. The van der Waals surface area contributed by atoms with Crippen molar-refractivity contribution < 1.29 is 4.74 Å². The van der Waals surface area contributed by atoms with Crippen LogP contribution in [-0.4, -0.2) is 60.8 Å². The first-order valence-electron chi connectivity index (χ1n) is 12.3. The normalized spacial score (nSPS) is 31.3. The van der Waals surface area contributed by atoms with E-state index < -0.39 is 0 Å². The van der Waals surface area contributed by atoms with Crippen LogP contribution in [0.4, 0.5) is 5.95 Å². The van der Waals surface area contributed by atoms with Crippen molar-refractivity contribution in [2.24, 2.45) is 17.3 Å². The highest BCUT2D eigenvalue weighted by molar-refractivity contribution is 5.40. The minimum Gasteiger partial charge on any atom is -0.378 e. The van der Waals surface area contributed by atoms with Crippen molar-refractivity contribution in [3.8, 4) is 0 Å². The number of likely N-dealkylation sites (tertiary alicyclic amines) is 1. The summed E-state index contributed by atoms with van der Waals surface area (Å²) >= 11 is 0. The third-order valence-corrected chi connectivity index (χ3v) is 9.47. The summed E-state index contributed by atoms with van der Waals surface area (Å²) in [5.41, 5.74) is 4.44. The number of fused-ring (bicyclic) bond motifs is 3. The zero-order valence-electron chi connectivity index (χ0n) is 19.1. The molecule has 1 aromatic rings. The molecule has 31 heavy (non-hydrogen) atoms. The number of rotatable bonds is 3. The number of hydrogen-bond donors (Lipinski definition) is 1. The molecule has 2 bridgehead atoms. The molecule has 1 saturated carbocycles. The predicted molar refractivity (Wildman–Crippen MR) is 122 cm³/mol. The molecule has 7 rings (SSSR count). The quantitative estimate of drug-likeness (QED) is 0.756. The maximum atomic E-state index is 12.9. The maximum absolute atomic E-state index is 12.9. The maximum Gasteiger partial charge on any atom is 0.255 e. The molecular formula is C25H36N4O2.